The van der Waals surface area contributed by atoms with Crippen molar-refractivity contribution in [3.05, 3.63) is 0 Å². The normalized spacial score (nSPS) is 13.0. The second-order valence-electron chi connectivity index (χ2n) is 4.03. The van der Waals surface area contributed by atoms with E-state index >= 15 is 0 Å². The summed E-state index contributed by atoms with van der Waals surface area (Å²) in [5.41, 5.74) is 0. The van der Waals surface area contributed by atoms with Crippen LogP contribution >= 0.6 is 0 Å². The minimum absolute atomic E-state index is 0.313. The maximum atomic E-state index is 11.2. The van der Waals surface area contributed by atoms with E-state index in [2.05, 4.69) is 0 Å². The highest BCUT2D eigenvalue weighted by Crippen LogP contribution is 2.23. The topological polar surface area (TPSA) is 71.5 Å². The molecule has 0 radical (unpaired) electrons. The Hall–Kier alpha value is -1.17. The molecule has 0 bridgehead atoms. The van der Waals surface area contributed by atoms with Gasteiger partial charge in [-0.15, -0.1) is 0 Å². The van der Waals surface area contributed by atoms with Gasteiger partial charge in [-0.25, -0.2) is 12.7 Å². The lowest BCUT2D eigenvalue weighted by Crippen LogP contribution is -2.39. The van der Waals surface area contributed by atoms with Crippen LogP contribution in [-0.4, -0.2) is 56.0 Å². The summed E-state index contributed by atoms with van der Waals surface area (Å²) in [5, 5.41) is -0.313. The van der Waals surface area contributed by atoms with Crippen molar-refractivity contribution in [1.29, 1.82) is 0 Å². The summed E-state index contributed by atoms with van der Waals surface area (Å²) < 4.78 is 90.1. The minimum atomic E-state index is -5.77. The van der Waals surface area contributed by atoms with Crippen molar-refractivity contribution in [2.45, 2.75) is 31.5 Å². The highest BCUT2D eigenvalue weighted by Gasteiger charge is 2.54. The largest absolute Gasteiger partial charge is 0.458 e. The third kappa shape index (κ3) is 7.41. The molecule has 0 aliphatic rings. The first-order chi connectivity index (χ1) is 8.95. The summed E-state index contributed by atoms with van der Waals surface area (Å²) in [6.45, 7) is 3.32. The first kappa shape index (κ1) is 22.1. The van der Waals surface area contributed by atoms with Gasteiger partial charge in [0.15, 0.2) is 0 Å². The first-order valence-corrected chi connectivity index (χ1v) is 6.60. The number of hydrogen-bond donors (Lipinski definition) is 0. The monoisotopic (exact) mass is 345 g/mol. The molecule has 0 saturated heterocycles. The smallest absolute Gasteiger partial charge is 0.280 e. The van der Waals surface area contributed by atoms with Crippen LogP contribution in [0, 0.1) is 0 Å². The molecule has 5 nitrogen and oxygen atoms in total. The number of nitrogens with zero attached hydrogens (tertiary/aromatic N) is 1. The van der Waals surface area contributed by atoms with Crippen LogP contribution < -0.4 is 0 Å². The number of sulfonamides is 1. The molecule has 0 atom stereocenters. The number of ketones is 2. The Bertz CT molecular complexity index is 439. The quantitative estimate of drug-likeness (QED) is 0.575. The van der Waals surface area contributed by atoms with Crippen molar-refractivity contribution in [3.8, 4) is 0 Å². The van der Waals surface area contributed by atoms with E-state index in [1.165, 1.54) is 18.4 Å². The molecule has 0 N–H and O–H groups in total. The molecule has 0 fully saturated rings. The molecule has 0 unspecified atom stereocenters. The summed E-state index contributed by atoms with van der Waals surface area (Å²) in [7, 11) is 0.0926. The zero-order valence-corrected chi connectivity index (χ0v) is 12.2. The number of alkyl halides is 6. The lowest BCUT2D eigenvalue weighted by Gasteiger charge is -2.13. The standard InChI is InChI=1S/C5H13NO2S.C4F6O2/c1-5(2)9(7,8)6(3)4;5-3(6,7)1(11)2(12)4(8,9)10/h5H,1-4H3;. The number of Topliss-reactive ketones (excluding diaryl/α,β-unsaturated/α-hetero) is 2. The SMILES string of the molecule is CC(C)S(=O)(=O)N(C)C.O=C(C(=O)C(F)(F)F)C(F)(F)F. The van der Waals surface area contributed by atoms with Gasteiger partial charge in [-0.2, -0.15) is 26.3 Å². The van der Waals surface area contributed by atoms with Gasteiger partial charge in [0, 0.05) is 14.1 Å². The van der Waals surface area contributed by atoms with Gasteiger partial charge < -0.3 is 0 Å². The number of rotatable bonds is 3. The van der Waals surface area contributed by atoms with Gasteiger partial charge in [-0.05, 0) is 13.8 Å². The molecule has 0 saturated carbocycles. The Kier molecular flexibility index (Phi) is 7.59. The molecular weight excluding hydrogens is 332 g/mol. The molecule has 0 aromatic rings. The number of halogens is 6. The average molecular weight is 345 g/mol. The third-order valence-electron chi connectivity index (χ3n) is 1.83. The van der Waals surface area contributed by atoms with Gasteiger partial charge in [-0.3, -0.25) is 9.59 Å². The van der Waals surface area contributed by atoms with E-state index in [1.54, 1.807) is 13.8 Å². The van der Waals surface area contributed by atoms with Crippen LogP contribution in [0.3, 0.4) is 0 Å². The van der Waals surface area contributed by atoms with E-state index in [1.807, 2.05) is 0 Å². The molecule has 0 amide bonds. The Labute approximate surface area is 117 Å². The summed E-state index contributed by atoms with van der Waals surface area (Å²) in [5.74, 6) is -6.81. The Morgan fingerprint density at radius 3 is 1.14 bits per heavy atom. The molecule has 0 rings (SSSR count). The zero-order chi connectivity index (χ0) is 17.8. The molecule has 0 aliphatic carbocycles. The van der Waals surface area contributed by atoms with Crippen molar-refractivity contribution in [1.82, 2.24) is 4.31 Å². The van der Waals surface area contributed by atoms with Crippen LogP contribution in [0.25, 0.3) is 0 Å². The number of carbonyl (C=O) groups is 2. The van der Waals surface area contributed by atoms with E-state index in [4.69, 9.17) is 0 Å². The lowest BCUT2D eigenvalue weighted by atomic mass is 10.2. The maximum absolute atomic E-state index is 11.2. The predicted molar refractivity (Wildman–Crippen MR) is 59.9 cm³/mol. The summed E-state index contributed by atoms with van der Waals surface area (Å²) >= 11 is 0. The fraction of sp³-hybridized carbons (Fsp3) is 0.778. The molecule has 0 heterocycles. The Morgan fingerprint density at radius 2 is 1.10 bits per heavy atom. The van der Waals surface area contributed by atoms with Gasteiger partial charge >= 0.3 is 23.9 Å². The van der Waals surface area contributed by atoms with Crippen molar-refractivity contribution in [2.24, 2.45) is 0 Å². The van der Waals surface area contributed by atoms with Gasteiger partial charge in [0.1, 0.15) is 0 Å². The fourth-order valence-corrected chi connectivity index (χ4v) is 1.52. The van der Waals surface area contributed by atoms with Gasteiger partial charge in [0.2, 0.25) is 10.0 Å². The second-order valence-corrected chi connectivity index (χ2v) is 6.73. The summed E-state index contributed by atoms with van der Waals surface area (Å²) in [6.07, 6.45) is -11.5. The van der Waals surface area contributed by atoms with Gasteiger partial charge in [0.05, 0.1) is 5.25 Å². The van der Waals surface area contributed by atoms with Crippen LogP contribution in [0.15, 0.2) is 0 Å². The molecule has 126 valence electrons. The van der Waals surface area contributed by atoms with Gasteiger partial charge in [-0.1, -0.05) is 0 Å². The third-order valence-corrected chi connectivity index (χ3v) is 4.04. The van der Waals surface area contributed by atoms with Crippen LogP contribution in [0.4, 0.5) is 26.3 Å². The maximum Gasteiger partial charge on any atom is 0.458 e. The van der Waals surface area contributed by atoms with Crippen LogP contribution in [-0.2, 0) is 19.6 Å². The summed E-state index contributed by atoms with van der Waals surface area (Å²) in [6, 6.07) is 0. The van der Waals surface area contributed by atoms with Crippen molar-refractivity contribution in [3.63, 3.8) is 0 Å². The zero-order valence-electron chi connectivity index (χ0n) is 11.3. The van der Waals surface area contributed by atoms with Crippen LogP contribution in [0.2, 0.25) is 0 Å². The molecule has 21 heavy (non-hydrogen) atoms. The molecule has 0 aliphatic heterocycles. The highest BCUT2D eigenvalue weighted by atomic mass is 32.2. The number of hydrogen-bond acceptors (Lipinski definition) is 4. The average Bonchev–Trinajstić information content (AvgIpc) is 2.24. The van der Waals surface area contributed by atoms with E-state index in [-0.39, 0.29) is 5.25 Å². The molecular formula is C9H13F6NO4S. The first-order valence-electron chi connectivity index (χ1n) is 5.09. The summed E-state index contributed by atoms with van der Waals surface area (Å²) in [4.78, 5) is 19.2. The van der Waals surface area contributed by atoms with Crippen LogP contribution in [0.1, 0.15) is 13.8 Å². The van der Waals surface area contributed by atoms with Crippen LogP contribution in [0.5, 0.6) is 0 Å². The van der Waals surface area contributed by atoms with E-state index in [0.717, 1.165) is 0 Å². The number of carbonyl (C=O) groups excluding carboxylic acids is 2. The lowest BCUT2D eigenvalue weighted by molar-refractivity contribution is -0.193. The molecule has 0 aromatic carbocycles. The Morgan fingerprint density at radius 1 is 0.857 bits per heavy atom. The second kappa shape index (κ2) is 7.20. The van der Waals surface area contributed by atoms with Crippen molar-refractivity contribution < 1.29 is 44.3 Å². The minimum Gasteiger partial charge on any atom is -0.280 e. The molecule has 12 heteroatoms. The van der Waals surface area contributed by atoms with Crippen molar-refractivity contribution in [2.75, 3.05) is 14.1 Å². The van der Waals surface area contributed by atoms with E-state index < -0.39 is 33.9 Å². The highest BCUT2D eigenvalue weighted by molar-refractivity contribution is 7.89. The van der Waals surface area contributed by atoms with Crippen molar-refractivity contribution >= 4 is 21.6 Å². The Balaban J connectivity index is 0. The van der Waals surface area contributed by atoms with E-state index in [9.17, 15) is 44.3 Å². The fourth-order valence-electron chi connectivity index (χ4n) is 0.679. The molecule has 0 aromatic heterocycles. The predicted octanol–water partition coefficient (Wildman–Crippen LogP) is 1.54. The van der Waals surface area contributed by atoms with E-state index in [0.29, 0.717) is 0 Å². The molecule has 0 spiro atoms. The van der Waals surface area contributed by atoms with Gasteiger partial charge in [0.25, 0.3) is 0 Å².